The van der Waals surface area contributed by atoms with E-state index in [-0.39, 0.29) is 22.5 Å². The summed E-state index contributed by atoms with van der Waals surface area (Å²) in [7, 11) is 4.63. The van der Waals surface area contributed by atoms with E-state index in [0.29, 0.717) is 41.3 Å². The number of benzene rings is 2. The van der Waals surface area contributed by atoms with Crippen LogP contribution in [0.4, 0.5) is 4.39 Å². The lowest BCUT2D eigenvalue weighted by Crippen LogP contribution is -2.30. The second-order valence-electron chi connectivity index (χ2n) is 7.25. The highest BCUT2D eigenvalue weighted by Crippen LogP contribution is 2.31. The van der Waals surface area contributed by atoms with Crippen LogP contribution in [0.3, 0.4) is 0 Å². The van der Waals surface area contributed by atoms with Crippen molar-refractivity contribution in [2.24, 2.45) is 0 Å². The molecular formula is C25H24BrFN2O5. The summed E-state index contributed by atoms with van der Waals surface area (Å²) >= 11 is 3.15. The van der Waals surface area contributed by atoms with Crippen molar-refractivity contribution >= 4 is 27.6 Å². The predicted octanol–water partition coefficient (Wildman–Crippen LogP) is 4.47. The van der Waals surface area contributed by atoms with Crippen molar-refractivity contribution in [3.8, 4) is 22.8 Å². The summed E-state index contributed by atoms with van der Waals surface area (Å²) in [6.45, 7) is 0.278. The van der Waals surface area contributed by atoms with Gasteiger partial charge in [-0.25, -0.2) is 9.37 Å². The predicted molar refractivity (Wildman–Crippen MR) is 129 cm³/mol. The molecule has 0 fully saturated rings. The van der Waals surface area contributed by atoms with E-state index in [9.17, 15) is 14.0 Å². The van der Waals surface area contributed by atoms with Crippen molar-refractivity contribution in [3.63, 3.8) is 0 Å². The summed E-state index contributed by atoms with van der Waals surface area (Å²) in [6.07, 6.45) is 0.649. The molecule has 1 heterocycles. The maximum atomic E-state index is 13.6. The quantitative estimate of drug-likeness (QED) is 0.389. The van der Waals surface area contributed by atoms with Crippen LogP contribution in [0.2, 0.25) is 0 Å². The number of nitrogens with zero attached hydrogens (tertiary/aromatic N) is 1. The van der Waals surface area contributed by atoms with Crippen LogP contribution < -0.4 is 14.8 Å². The first-order valence-electron chi connectivity index (χ1n) is 10.4. The molecule has 0 saturated heterocycles. The summed E-state index contributed by atoms with van der Waals surface area (Å²) in [5, 5.41) is 2.62. The minimum Gasteiger partial charge on any atom is -0.496 e. The zero-order valence-corrected chi connectivity index (χ0v) is 20.6. The zero-order valence-electron chi connectivity index (χ0n) is 19.0. The van der Waals surface area contributed by atoms with Crippen LogP contribution in [-0.2, 0) is 11.2 Å². The molecule has 0 atom stereocenters. The van der Waals surface area contributed by atoms with Gasteiger partial charge in [-0.1, -0.05) is 6.07 Å². The average molecular weight is 531 g/mol. The number of carbonyl (C=O) groups is 2. The third kappa shape index (κ3) is 5.98. The molecule has 0 aliphatic rings. The molecule has 178 valence electrons. The molecule has 9 heteroatoms. The first-order valence-corrected chi connectivity index (χ1v) is 11.1. The Morgan fingerprint density at radius 2 is 1.76 bits per heavy atom. The molecule has 3 rings (SSSR count). The highest BCUT2D eigenvalue weighted by Gasteiger charge is 2.17. The van der Waals surface area contributed by atoms with E-state index in [1.54, 1.807) is 43.5 Å². The third-order valence-corrected chi connectivity index (χ3v) is 5.70. The number of carbonyl (C=O) groups excluding carboxylic acids is 2. The SMILES string of the molecule is COCCc1ccc(C(=O)NCC(=O)c2ccc(OC)c(-c3ccc(F)c(Br)c3)n2)cc1OC. The second kappa shape index (κ2) is 11.7. The Hall–Kier alpha value is -3.30. The Labute approximate surface area is 205 Å². The first kappa shape index (κ1) is 25.3. The number of amides is 1. The second-order valence-corrected chi connectivity index (χ2v) is 8.11. The van der Waals surface area contributed by atoms with Gasteiger partial charge in [0.05, 0.1) is 31.8 Å². The molecular weight excluding hydrogens is 507 g/mol. The summed E-state index contributed by atoms with van der Waals surface area (Å²) in [6, 6.07) is 12.6. The molecule has 0 saturated carbocycles. The van der Waals surface area contributed by atoms with Gasteiger partial charge in [0.25, 0.3) is 5.91 Å². The average Bonchev–Trinajstić information content (AvgIpc) is 2.86. The molecule has 1 N–H and O–H groups in total. The Morgan fingerprint density at radius 3 is 2.44 bits per heavy atom. The number of ketones is 1. The first-order chi connectivity index (χ1) is 16.4. The molecule has 34 heavy (non-hydrogen) atoms. The third-order valence-electron chi connectivity index (χ3n) is 5.09. The van der Waals surface area contributed by atoms with Crippen molar-refractivity contribution < 1.29 is 28.2 Å². The van der Waals surface area contributed by atoms with Crippen LogP contribution in [0, 0.1) is 5.82 Å². The van der Waals surface area contributed by atoms with Crippen molar-refractivity contribution in [1.82, 2.24) is 10.3 Å². The molecule has 3 aromatic rings. The largest absolute Gasteiger partial charge is 0.496 e. The van der Waals surface area contributed by atoms with Gasteiger partial charge in [-0.3, -0.25) is 9.59 Å². The van der Waals surface area contributed by atoms with Gasteiger partial charge in [0.15, 0.2) is 5.78 Å². The van der Waals surface area contributed by atoms with E-state index in [4.69, 9.17) is 14.2 Å². The van der Waals surface area contributed by atoms with Gasteiger partial charge in [0.2, 0.25) is 0 Å². The van der Waals surface area contributed by atoms with Crippen LogP contribution >= 0.6 is 15.9 Å². The minimum absolute atomic E-state index is 0.143. The smallest absolute Gasteiger partial charge is 0.251 e. The fourth-order valence-corrected chi connectivity index (χ4v) is 3.65. The molecule has 0 bridgehead atoms. The number of halogens is 2. The Bertz CT molecular complexity index is 1200. The molecule has 7 nitrogen and oxygen atoms in total. The molecule has 0 unspecified atom stereocenters. The van der Waals surface area contributed by atoms with E-state index >= 15 is 0 Å². The maximum Gasteiger partial charge on any atom is 0.251 e. The van der Waals surface area contributed by atoms with E-state index in [0.717, 1.165) is 5.56 Å². The number of rotatable bonds is 10. The molecule has 0 aliphatic carbocycles. The van der Waals surface area contributed by atoms with Gasteiger partial charge in [-0.2, -0.15) is 0 Å². The number of methoxy groups -OCH3 is 3. The van der Waals surface area contributed by atoms with Gasteiger partial charge < -0.3 is 19.5 Å². The number of pyridine rings is 1. The fourth-order valence-electron chi connectivity index (χ4n) is 3.27. The number of Topliss-reactive ketones (excluding diaryl/α,β-unsaturated/α-hetero) is 1. The number of aromatic nitrogens is 1. The minimum atomic E-state index is -0.416. The van der Waals surface area contributed by atoms with Gasteiger partial charge in [0.1, 0.15) is 28.7 Å². The lowest BCUT2D eigenvalue weighted by molar-refractivity contribution is 0.0902. The number of hydrogen-bond acceptors (Lipinski definition) is 6. The maximum absolute atomic E-state index is 13.6. The van der Waals surface area contributed by atoms with Crippen molar-refractivity contribution in [2.75, 3.05) is 34.5 Å². The van der Waals surface area contributed by atoms with Crippen LogP contribution in [0.1, 0.15) is 26.4 Å². The van der Waals surface area contributed by atoms with Gasteiger partial charge >= 0.3 is 0 Å². The van der Waals surface area contributed by atoms with E-state index in [2.05, 4.69) is 26.2 Å². The van der Waals surface area contributed by atoms with Crippen LogP contribution in [0.15, 0.2) is 53.0 Å². The van der Waals surface area contributed by atoms with Crippen molar-refractivity contribution in [3.05, 3.63) is 75.6 Å². The summed E-state index contributed by atoms with van der Waals surface area (Å²) < 4.78 is 29.7. The Morgan fingerprint density at radius 1 is 1.00 bits per heavy atom. The van der Waals surface area contributed by atoms with Gasteiger partial charge in [0, 0.05) is 18.2 Å². The lowest BCUT2D eigenvalue weighted by atomic mass is 10.1. The Balaban J connectivity index is 1.74. The highest BCUT2D eigenvalue weighted by atomic mass is 79.9. The number of hydrogen-bond donors (Lipinski definition) is 1. The van der Waals surface area contributed by atoms with E-state index in [1.165, 1.54) is 26.4 Å². The lowest BCUT2D eigenvalue weighted by Gasteiger charge is -2.12. The van der Waals surface area contributed by atoms with E-state index < -0.39 is 11.7 Å². The molecule has 0 spiro atoms. The molecule has 1 amide bonds. The van der Waals surface area contributed by atoms with Crippen molar-refractivity contribution in [1.29, 1.82) is 0 Å². The normalized spacial score (nSPS) is 10.6. The van der Waals surface area contributed by atoms with Crippen LogP contribution in [0.5, 0.6) is 11.5 Å². The highest BCUT2D eigenvalue weighted by molar-refractivity contribution is 9.10. The van der Waals surface area contributed by atoms with E-state index in [1.807, 2.05) is 0 Å². The number of ether oxygens (including phenoxy) is 3. The molecule has 0 radical (unpaired) electrons. The molecule has 0 aliphatic heterocycles. The topological polar surface area (TPSA) is 86.8 Å². The summed E-state index contributed by atoms with van der Waals surface area (Å²) in [4.78, 5) is 29.8. The zero-order chi connectivity index (χ0) is 24.7. The number of nitrogens with one attached hydrogen (secondary N) is 1. The summed E-state index contributed by atoms with van der Waals surface area (Å²) in [5.74, 6) is -0.216. The summed E-state index contributed by atoms with van der Waals surface area (Å²) in [5.41, 5.74) is 2.38. The fraction of sp³-hybridized carbons (Fsp3) is 0.240. The standard InChI is InChI=1S/C25H24BrFN2O5/c1-32-11-10-15-4-5-17(13-23(15)34-3)25(31)28-14-21(30)20-8-9-22(33-2)24(29-20)16-6-7-19(27)18(26)12-16/h4-9,12-13H,10-11,14H2,1-3H3,(H,28,31). The van der Waals surface area contributed by atoms with Crippen LogP contribution in [0.25, 0.3) is 11.3 Å². The molecule has 2 aromatic carbocycles. The monoisotopic (exact) mass is 530 g/mol. The van der Waals surface area contributed by atoms with Gasteiger partial charge in [-0.15, -0.1) is 0 Å². The Kier molecular flexibility index (Phi) is 8.72. The van der Waals surface area contributed by atoms with Gasteiger partial charge in [-0.05, 0) is 70.4 Å². The molecule has 1 aromatic heterocycles. The van der Waals surface area contributed by atoms with Crippen LogP contribution in [-0.4, -0.2) is 51.2 Å². The van der Waals surface area contributed by atoms with Crippen molar-refractivity contribution in [2.45, 2.75) is 6.42 Å².